The lowest BCUT2D eigenvalue weighted by Crippen LogP contribution is -2.36. The summed E-state index contributed by atoms with van der Waals surface area (Å²) in [5.41, 5.74) is 4.31. The van der Waals surface area contributed by atoms with Crippen LogP contribution in [0, 0.1) is 13.8 Å². The summed E-state index contributed by atoms with van der Waals surface area (Å²) in [5, 5.41) is 12.2. The number of aryl methyl sites for hydroxylation is 2. The molecule has 0 unspecified atom stereocenters. The van der Waals surface area contributed by atoms with Crippen molar-refractivity contribution in [1.82, 2.24) is 20.4 Å². The van der Waals surface area contributed by atoms with Crippen LogP contribution in [0.2, 0.25) is 10.0 Å². The Balaban J connectivity index is 0.00000288. The van der Waals surface area contributed by atoms with Crippen LogP contribution in [0.3, 0.4) is 0 Å². The molecule has 1 aromatic heterocycles. The zero-order valence-electron chi connectivity index (χ0n) is 14.2. The van der Waals surface area contributed by atoms with Gasteiger partial charge in [-0.1, -0.05) is 29.3 Å². The van der Waals surface area contributed by atoms with Crippen molar-refractivity contribution in [3.05, 3.63) is 50.8 Å². The molecule has 5 nitrogen and oxygen atoms in total. The fourth-order valence-corrected chi connectivity index (χ4v) is 2.79. The van der Waals surface area contributed by atoms with Crippen LogP contribution in [0.1, 0.15) is 22.5 Å². The van der Waals surface area contributed by atoms with Crippen molar-refractivity contribution in [2.75, 3.05) is 7.05 Å². The maximum absolute atomic E-state index is 6.18. The molecule has 1 aromatic carbocycles. The predicted molar refractivity (Wildman–Crippen MR) is 112 cm³/mol. The van der Waals surface area contributed by atoms with E-state index in [1.807, 2.05) is 30.8 Å². The third-order valence-electron chi connectivity index (χ3n) is 3.78. The molecule has 0 aliphatic heterocycles. The Kier molecular flexibility index (Phi) is 8.32. The summed E-state index contributed by atoms with van der Waals surface area (Å²) < 4.78 is 1.88. The SMILES string of the molecule is CN=C(NCc1ccc(Cl)cc1Cl)NCc1c(C)nn(C)c1C.I. The number of halogens is 3. The van der Waals surface area contributed by atoms with Crippen LogP contribution in [-0.2, 0) is 20.1 Å². The molecule has 0 spiro atoms. The van der Waals surface area contributed by atoms with Crippen molar-refractivity contribution in [3.8, 4) is 0 Å². The molecular formula is C16H22Cl2IN5. The summed E-state index contributed by atoms with van der Waals surface area (Å²) in [5.74, 6) is 0.707. The molecule has 0 amide bonds. The number of guanidine groups is 1. The van der Waals surface area contributed by atoms with E-state index in [4.69, 9.17) is 23.2 Å². The van der Waals surface area contributed by atoms with Gasteiger partial charge in [0.2, 0.25) is 0 Å². The normalized spacial score (nSPS) is 11.2. The van der Waals surface area contributed by atoms with Gasteiger partial charge in [-0.3, -0.25) is 9.67 Å². The smallest absolute Gasteiger partial charge is 0.191 e. The average molecular weight is 482 g/mol. The van der Waals surface area contributed by atoms with Crippen molar-refractivity contribution < 1.29 is 0 Å². The number of benzene rings is 1. The number of aromatic nitrogens is 2. The van der Waals surface area contributed by atoms with E-state index in [-0.39, 0.29) is 24.0 Å². The summed E-state index contributed by atoms with van der Waals surface area (Å²) in [4.78, 5) is 4.23. The lowest BCUT2D eigenvalue weighted by atomic mass is 10.2. The molecule has 0 saturated heterocycles. The van der Waals surface area contributed by atoms with Crippen LogP contribution in [0.5, 0.6) is 0 Å². The van der Waals surface area contributed by atoms with Crippen molar-refractivity contribution in [3.63, 3.8) is 0 Å². The second-order valence-corrected chi connectivity index (χ2v) is 6.13. The van der Waals surface area contributed by atoms with Gasteiger partial charge in [0.15, 0.2) is 5.96 Å². The molecule has 0 fully saturated rings. The minimum absolute atomic E-state index is 0. The highest BCUT2D eigenvalue weighted by molar-refractivity contribution is 14.0. The minimum Gasteiger partial charge on any atom is -0.352 e. The molecule has 24 heavy (non-hydrogen) atoms. The Morgan fingerprint density at radius 2 is 1.88 bits per heavy atom. The molecular weight excluding hydrogens is 460 g/mol. The number of aliphatic imine (C=N–C) groups is 1. The van der Waals surface area contributed by atoms with E-state index in [9.17, 15) is 0 Å². The topological polar surface area (TPSA) is 54.2 Å². The molecule has 2 N–H and O–H groups in total. The summed E-state index contributed by atoms with van der Waals surface area (Å²) in [7, 11) is 3.68. The Morgan fingerprint density at radius 3 is 2.42 bits per heavy atom. The van der Waals surface area contributed by atoms with Crippen molar-refractivity contribution in [2.45, 2.75) is 26.9 Å². The highest BCUT2D eigenvalue weighted by Gasteiger charge is 2.10. The van der Waals surface area contributed by atoms with Crippen molar-refractivity contribution in [1.29, 1.82) is 0 Å². The Morgan fingerprint density at radius 1 is 1.21 bits per heavy atom. The maximum Gasteiger partial charge on any atom is 0.191 e. The van der Waals surface area contributed by atoms with Gasteiger partial charge in [-0.15, -0.1) is 24.0 Å². The Bertz CT molecular complexity index is 727. The van der Waals surface area contributed by atoms with Gasteiger partial charge in [-0.2, -0.15) is 5.10 Å². The zero-order valence-corrected chi connectivity index (χ0v) is 18.0. The molecule has 2 aromatic rings. The van der Waals surface area contributed by atoms with Crippen LogP contribution >= 0.6 is 47.2 Å². The molecule has 0 aliphatic rings. The maximum atomic E-state index is 6.18. The molecule has 8 heteroatoms. The van der Waals surface area contributed by atoms with Gasteiger partial charge in [0.1, 0.15) is 0 Å². The minimum atomic E-state index is 0. The van der Waals surface area contributed by atoms with Gasteiger partial charge in [0, 0.05) is 48.5 Å². The van der Waals surface area contributed by atoms with E-state index < -0.39 is 0 Å². The molecule has 0 saturated carbocycles. The summed E-state index contributed by atoms with van der Waals surface area (Å²) >= 11 is 12.1. The van der Waals surface area contributed by atoms with E-state index >= 15 is 0 Å². The van der Waals surface area contributed by atoms with Crippen LogP contribution < -0.4 is 10.6 Å². The van der Waals surface area contributed by atoms with Gasteiger partial charge in [-0.05, 0) is 31.5 Å². The van der Waals surface area contributed by atoms with Gasteiger partial charge in [0.25, 0.3) is 0 Å². The third-order valence-corrected chi connectivity index (χ3v) is 4.36. The summed E-state index contributed by atoms with van der Waals surface area (Å²) in [6.07, 6.45) is 0. The van der Waals surface area contributed by atoms with E-state index in [1.54, 1.807) is 13.1 Å². The summed E-state index contributed by atoms with van der Waals surface area (Å²) in [6.45, 7) is 5.30. The highest BCUT2D eigenvalue weighted by atomic mass is 127. The van der Waals surface area contributed by atoms with E-state index in [0.29, 0.717) is 29.1 Å². The van der Waals surface area contributed by atoms with Gasteiger partial charge < -0.3 is 10.6 Å². The summed E-state index contributed by atoms with van der Waals surface area (Å²) in [6, 6.07) is 5.46. The Labute approximate surface area is 169 Å². The molecule has 0 bridgehead atoms. The van der Waals surface area contributed by atoms with Gasteiger partial charge in [-0.25, -0.2) is 0 Å². The number of hydrogen-bond donors (Lipinski definition) is 2. The molecule has 0 radical (unpaired) electrons. The molecule has 0 atom stereocenters. The van der Waals surface area contributed by atoms with Gasteiger partial charge >= 0.3 is 0 Å². The molecule has 0 aliphatic carbocycles. The van der Waals surface area contributed by atoms with Gasteiger partial charge in [0.05, 0.1) is 5.69 Å². The third kappa shape index (κ3) is 5.26. The number of nitrogens with one attached hydrogen (secondary N) is 2. The second-order valence-electron chi connectivity index (χ2n) is 5.29. The average Bonchev–Trinajstić information content (AvgIpc) is 2.74. The fraction of sp³-hybridized carbons (Fsp3) is 0.375. The lowest BCUT2D eigenvalue weighted by Gasteiger charge is -2.13. The van der Waals surface area contributed by atoms with E-state index in [2.05, 4.69) is 27.6 Å². The molecule has 1 heterocycles. The monoisotopic (exact) mass is 481 g/mol. The molecule has 2 rings (SSSR count). The lowest BCUT2D eigenvalue weighted by molar-refractivity contribution is 0.728. The number of nitrogens with zero attached hydrogens (tertiary/aromatic N) is 3. The van der Waals surface area contributed by atoms with Crippen LogP contribution in [0.25, 0.3) is 0 Å². The quantitative estimate of drug-likeness (QED) is 0.396. The second kappa shape index (κ2) is 9.48. The van der Waals surface area contributed by atoms with E-state index in [0.717, 1.165) is 17.0 Å². The first kappa shape index (κ1) is 21.1. The molecule has 132 valence electrons. The first-order valence-corrected chi connectivity index (χ1v) is 8.05. The first-order chi connectivity index (χ1) is 10.9. The van der Waals surface area contributed by atoms with E-state index in [1.165, 1.54) is 5.56 Å². The van der Waals surface area contributed by atoms with Crippen molar-refractivity contribution >= 4 is 53.1 Å². The van der Waals surface area contributed by atoms with Crippen LogP contribution in [-0.4, -0.2) is 22.8 Å². The largest absolute Gasteiger partial charge is 0.352 e. The van der Waals surface area contributed by atoms with Crippen molar-refractivity contribution in [2.24, 2.45) is 12.0 Å². The zero-order chi connectivity index (χ0) is 17.0. The fourth-order valence-electron chi connectivity index (χ4n) is 2.31. The predicted octanol–water partition coefficient (Wildman–Crippen LogP) is 3.83. The number of hydrogen-bond acceptors (Lipinski definition) is 2. The number of rotatable bonds is 4. The first-order valence-electron chi connectivity index (χ1n) is 7.30. The standard InChI is InChI=1S/C16H21Cl2N5.HI/c1-10-14(11(2)23(4)22-10)9-21-16(19-3)20-8-12-5-6-13(17)7-15(12)18;/h5-7H,8-9H2,1-4H3,(H2,19,20,21);1H. The van der Waals surface area contributed by atoms with Crippen LogP contribution in [0.4, 0.5) is 0 Å². The highest BCUT2D eigenvalue weighted by Crippen LogP contribution is 2.20. The van der Waals surface area contributed by atoms with Crippen LogP contribution in [0.15, 0.2) is 23.2 Å². The Hall–Kier alpha value is -0.990.